The Balaban J connectivity index is 1.52. The van der Waals surface area contributed by atoms with Crippen molar-refractivity contribution in [3.05, 3.63) is 35.9 Å². The Bertz CT molecular complexity index is 471. The molecule has 4 nitrogen and oxygen atoms in total. The van der Waals surface area contributed by atoms with E-state index in [1.54, 1.807) is 0 Å². The van der Waals surface area contributed by atoms with Crippen molar-refractivity contribution in [3.8, 4) is 0 Å². The van der Waals surface area contributed by atoms with Crippen molar-refractivity contribution in [3.63, 3.8) is 0 Å². The summed E-state index contributed by atoms with van der Waals surface area (Å²) in [6, 6.07) is 11.1. The zero-order valence-corrected chi connectivity index (χ0v) is 13.2. The van der Waals surface area contributed by atoms with E-state index in [4.69, 9.17) is 4.74 Å². The van der Waals surface area contributed by atoms with Crippen LogP contribution in [0.2, 0.25) is 0 Å². The molecule has 2 aliphatic rings. The smallest absolute Gasteiger partial charge is 0.317 e. The molecule has 22 heavy (non-hydrogen) atoms. The average Bonchev–Trinajstić information content (AvgIpc) is 2.83. The van der Waals surface area contributed by atoms with Crippen LogP contribution in [0, 0.1) is 0 Å². The van der Waals surface area contributed by atoms with Crippen LogP contribution in [0.1, 0.15) is 43.6 Å². The largest absolute Gasteiger partial charge is 0.381 e. The molecule has 1 atom stereocenters. The van der Waals surface area contributed by atoms with Crippen molar-refractivity contribution < 1.29 is 9.53 Å². The highest BCUT2D eigenvalue weighted by molar-refractivity contribution is 5.74. The number of hydrogen-bond acceptors (Lipinski definition) is 2. The third-order valence-corrected chi connectivity index (χ3v) is 4.84. The minimum Gasteiger partial charge on any atom is -0.381 e. The number of rotatable bonds is 2. The summed E-state index contributed by atoms with van der Waals surface area (Å²) >= 11 is 0. The summed E-state index contributed by atoms with van der Waals surface area (Å²) in [5.74, 6) is 0.585. The second-order valence-electron chi connectivity index (χ2n) is 6.36. The number of ether oxygens (including phenoxy) is 1. The van der Waals surface area contributed by atoms with Crippen LogP contribution in [0.25, 0.3) is 0 Å². The van der Waals surface area contributed by atoms with Gasteiger partial charge in [-0.2, -0.15) is 0 Å². The maximum Gasteiger partial charge on any atom is 0.317 e. The maximum atomic E-state index is 12.4. The average molecular weight is 302 g/mol. The van der Waals surface area contributed by atoms with Gasteiger partial charge in [-0.05, 0) is 43.6 Å². The summed E-state index contributed by atoms with van der Waals surface area (Å²) in [5, 5.41) is 3.18. The Morgan fingerprint density at radius 1 is 1.05 bits per heavy atom. The lowest BCUT2D eigenvalue weighted by Gasteiger charge is -2.27. The molecule has 0 spiro atoms. The SMILES string of the molecule is O=C(NC1CCOCC1)N1CCCC(c2ccccc2)CC1. The van der Waals surface area contributed by atoms with Crippen LogP contribution >= 0.6 is 0 Å². The molecule has 2 heterocycles. The van der Waals surface area contributed by atoms with Crippen LogP contribution < -0.4 is 5.32 Å². The number of amides is 2. The predicted octanol–water partition coefficient (Wildman–Crippen LogP) is 3.14. The van der Waals surface area contributed by atoms with E-state index in [1.165, 1.54) is 12.0 Å². The molecule has 2 amide bonds. The standard InChI is InChI=1S/C18H26N2O2/c21-18(19-17-9-13-22-14-10-17)20-11-4-7-16(8-12-20)15-5-2-1-3-6-15/h1-3,5-6,16-17H,4,7-14H2,(H,19,21). The fraction of sp³-hybridized carbons (Fsp3) is 0.611. The molecule has 2 aliphatic heterocycles. The van der Waals surface area contributed by atoms with Crippen LogP contribution in [0.15, 0.2) is 30.3 Å². The third kappa shape index (κ3) is 4.01. The van der Waals surface area contributed by atoms with Crippen LogP contribution in [0.5, 0.6) is 0 Å². The van der Waals surface area contributed by atoms with Crippen molar-refractivity contribution in [1.82, 2.24) is 10.2 Å². The number of likely N-dealkylation sites (tertiary alicyclic amines) is 1. The summed E-state index contributed by atoms with van der Waals surface area (Å²) < 4.78 is 5.34. The molecule has 1 aromatic rings. The van der Waals surface area contributed by atoms with Gasteiger partial charge in [0.25, 0.3) is 0 Å². The Hall–Kier alpha value is -1.55. The highest BCUT2D eigenvalue weighted by Gasteiger charge is 2.23. The molecule has 0 saturated carbocycles. The number of hydrogen-bond donors (Lipinski definition) is 1. The highest BCUT2D eigenvalue weighted by atomic mass is 16.5. The molecule has 3 rings (SSSR count). The molecule has 2 saturated heterocycles. The topological polar surface area (TPSA) is 41.6 Å². The molecule has 4 heteroatoms. The quantitative estimate of drug-likeness (QED) is 0.912. The first-order valence-electron chi connectivity index (χ1n) is 8.51. The first kappa shape index (κ1) is 15.3. The summed E-state index contributed by atoms with van der Waals surface area (Å²) in [7, 11) is 0. The van der Waals surface area contributed by atoms with Crippen molar-refractivity contribution >= 4 is 6.03 Å². The van der Waals surface area contributed by atoms with Crippen molar-refractivity contribution in [1.29, 1.82) is 0 Å². The number of nitrogens with zero attached hydrogens (tertiary/aromatic N) is 1. The van der Waals surface area contributed by atoms with E-state index in [0.717, 1.165) is 52.0 Å². The Kier molecular flexibility index (Phi) is 5.33. The van der Waals surface area contributed by atoms with Crippen LogP contribution in [0.3, 0.4) is 0 Å². The first-order chi connectivity index (χ1) is 10.8. The van der Waals surface area contributed by atoms with E-state index in [2.05, 4.69) is 35.6 Å². The molecular weight excluding hydrogens is 276 g/mol. The van der Waals surface area contributed by atoms with Gasteiger partial charge in [0.15, 0.2) is 0 Å². The lowest BCUT2D eigenvalue weighted by atomic mass is 9.92. The Labute approximate surface area is 132 Å². The third-order valence-electron chi connectivity index (χ3n) is 4.84. The van der Waals surface area contributed by atoms with Gasteiger partial charge in [0.2, 0.25) is 0 Å². The molecule has 1 N–H and O–H groups in total. The number of carbonyl (C=O) groups is 1. The van der Waals surface area contributed by atoms with E-state index >= 15 is 0 Å². The second-order valence-corrected chi connectivity index (χ2v) is 6.36. The fourth-order valence-electron chi connectivity index (χ4n) is 3.47. The second kappa shape index (κ2) is 7.63. The van der Waals surface area contributed by atoms with Gasteiger partial charge in [-0.3, -0.25) is 0 Å². The lowest BCUT2D eigenvalue weighted by molar-refractivity contribution is 0.0781. The molecular formula is C18H26N2O2. The lowest BCUT2D eigenvalue weighted by Crippen LogP contribution is -2.47. The van der Waals surface area contributed by atoms with E-state index in [1.807, 2.05) is 4.90 Å². The van der Waals surface area contributed by atoms with Gasteiger partial charge in [-0.15, -0.1) is 0 Å². The summed E-state index contributed by atoms with van der Waals surface area (Å²) in [5.41, 5.74) is 1.41. The number of urea groups is 1. The van der Waals surface area contributed by atoms with Crippen LogP contribution in [-0.4, -0.2) is 43.3 Å². The van der Waals surface area contributed by atoms with Gasteiger partial charge in [0.1, 0.15) is 0 Å². The summed E-state index contributed by atoms with van der Waals surface area (Å²) in [6.07, 6.45) is 5.19. The minimum atomic E-state index is 0.112. The zero-order valence-electron chi connectivity index (χ0n) is 13.2. The minimum absolute atomic E-state index is 0.112. The van der Waals surface area contributed by atoms with Gasteiger partial charge in [-0.1, -0.05) is 30.3 Å². The van der Waals surface area contributed by atoms with Crippen molar-refractivity contribution in [2.24, 2.45) is 0 Å². The maximum absolute atomic E-state index is 12.4. The monoisotopic (exact) mass is 302 g/mol. The molecule has 0 radical (unpaired) electrons. The predicted molar refractivity (Wildman–Crippen MR) is 87.0 cm³/mol. The molecule has 1 aromatic carbocycles. The normalized spacial score (nSPS) is 23.8. The zero-order chi connectivity index (χ0) is 15.2. The molecule has 0 bridgehead atoms. The molecule has 1 unspecified atom stereocenters. The van der Waals surface area contributed by atoms with Crippen LogP contribution in [0.4, 0.5) is 4.79 Å². The van der Waals surface area contributed by atoms with Gasteiger partial charge in [0.05, 0.1) is 0 Å². The highest BCUT2D eigenvalue weighted by Crippen LogP contribution is 2.27. The van der Waals surface area contributed by atoms with E-state index in [0.29, 0.717) is 5.92 Å². The number of carbonyl (C=O) groups excluding carboxylic acids is 1. The number of benzene rings is 1. The molecule has 120 valence electrons. The van der Waals surface area contributed by atoms with Gasteiger partial charge >= 0.3 is 6.03 Å². The van der Waals surface area contributed by atoms with E-state index in [9.17, 15) is 4.79 Å². The summed E-state index contributed by atoms with van der Waals surface area (Å²) in [4.78, 5) is 14.4. The van der Waals surface area contributed by atoms with Crippen molar-refractivity contribution in [2.45, 2.75) is 44.1 Å². The van der Waals surface area contributed by atoms with E-state index in [-0.39, 0.29) is 12.1 Å². The molecule has 0 aliphatic carbocycles. The number of nitrogens with one attached hydrogen (secondary N) is 1. The molecule has 2 fully saturated rings. The van der Waals surface area contributed by atoms with Gasteiger partial charge in [0, 0.05) is 32.3 Å². The van der Waals surface area contributed by atoms with Gasteiger partial charge in [-0.25, -0.2) is 4.79 Å². The Morgan fingerprint density at radius 2 is 1.82 bits per heavy atom. The summed E-state index contributed by atoms with van der Waals surface area (Å²) in [6.45, 7) is 3.26. The fourth-order valence-corrected chi connectivity index (χ4v) is 3.47. The van der Waals surface area contributed by atoms with Crippen LogP contribution in [-0.2, 0) is 4.74 Å². The van der Waals surface area contributed by atoms with Gasteiger partial charge < -0.3 is 15.0 Å². The van der Waals surface area contributed by atoms with Crippen molar-refractivity contribution in [2.75, 3.05) is 26.3 Å². The molecule has 0 aromatic heterocycles. The Morgan fingerprint density at radius 3 is 2.59 bits per heavy atom. The van der Waals surface area contributed by atoms with E-state index < -0.39 is 0 Å². The first-order valence-corrected chi connectivity index (χ1v) is 8.51.